The molecule has 4 rings (SSSR count). The lowest BCUT2D eigenvalue weighted by molar-refractivity contribution is 0.224. The maximum Gasteiger partial charge on any atom is 0.278 e. The lowest BCUT2D eigenvalue weighted by Gasteiger charge is -2.17. The van der Waals surface area contributed by atoms with Crippen molar-refractivity contribution in [2.45, 2.75) is 31.2 Å². The molecule has 1 aromatic heterocycles. The summed E-state index contributed by atoms with van der Waals surface area (Å²) in [4.78, 5) is 8.60. The Balaban J connectivity index is 1.46. The standard InChI is InChI=1S/C17H15F2N5/c18-15(19)14-8-13(23-24-14)11-9-20-16(21-10-11)22-17(6-7-17)12-4-2-1-3-5-12/h1-5,9-10,15H,6-8H2,(H,20,21,22). The zero-order chi connectivity index (χ0) is 16.6. The number of hydrogen-bond donors (Lipinski definition) is 1. The number of rotatable bonds is 5. The van der Waals surface area contributed by atoms with Crippen LogP contribution in [0.4, 0.5) is 14.7 Å². The van der Waals surface area contributed by atoms with E-state index in [-0.39, 0.29) is 17.7 Å². The molecule has 1 aliphatic heterocycles. The van der Waals surface area contributed by atoms with Crippen molar-refractivity contribution in [1.82, 2.24) is 9.97 Å². The first-order valence-corrected chi connectivity index (χ1v) is 7.74. The maximum atomic E-state index is 12.6. The maximum absolute atomic E-state index is 12.6. The molecule has 0 amide bonds. The fourth-order valence-corrected chi connectivity index (χ4v) is 2.77. The summed E-state index contributed by atoms with van der Waals surface area (Å²) in [6, 6.07) is 10.2. The van der Waals surface area contributed by atoms with Crippen molar-refractivity contribution < 1.29 is 8.78 Å². The molecule has 1 aromatic carbocycles. The van der Waals surface area contributed by atoms with E-state index in [1.807, 2.05) is 18.2 Å². The monoisotopic (exact) mass is 327 g/mol. The summed E-state index contributed by atoms with van der Waals surface area (Å²) in [7, 11) is 0. The number of halogens is 2. The van der Waals surface area contributed by atoms with Gasteiger partial charge in [-0.05, 0) is 18.4 Å². The van der Waals surface area contributed by atoms with Crippen LogP contribution in [-0.4, -0.2) is 27.8 Å². The molecule has 5 nitrogen and oxygen atoms in total. The lowest BCUT2D eigenvalue weighted by Crippen LogP contribution is -2.20. The highest BCUT2D eigenvalue weighted by Crippen LogP contribution is 2.47. The average molecular weight is 327 g/mol. The fraction of sp³-hybridized carbons (Fsp3) is 0.294. The number of nitrogens with zero attached hydrogens (tertiary/aromatic N) is 4. The van der Waals surface area contributed by atoms with E-state index in [2.05, 4.69) is 37.6 Å². The van der Waals surface area contributed by atoms with Crippen LogP contribution in [0.25, 0.3) is 0 Å². The minimum atomic E-state index is -2.58. The molecule has 2 aliphatic rings. The summed E-state index contributed by atoms with van der Waals surface area (Å²) < 4.78 is 25.2. The van der Waals surface area contributed by atoms with Crippen molar-refractivity contribution in [1.29, 1.82) is 0 Å². The molecule has 0 spiro atoms. The van der Waals surface area contributed by atoms with E-state index in [0.29, 0.717) is 17.2 Å². The Morgan fingerprint density at radius 1 is 1.00 bits per heavy atom. The summed E-state index contributed by atoms with van der Waals surface area (Å²) in [5.74, 6) is 0.522. The summed E-state index contributed by atoms with van der Waals surface area (Å²) >= 11 is 0. The first kappa shape index (κ1) is 14.9. The van der Waals surface area contributed by atoms with E-state index in [4.69, 9.17) is 0 Å². The van der Waals surface area contributed by atoms with Crippen LogP contribution in [0.15, 0.2) is 52.9 Å². The molecule has 122 valence electrons. The molecule has 0 atom stereocenters. The Morgan fingerprint density at radius 2 is 1.71 bits per heavy atom. The Hall–Kier alpha value is -2.70. The molecule has 0 saturated heterocycles. The second-order valence-electron chi connectivity index (χ2n) is 5.98. The highest BCUT2D eigenvalue weighted by molar-refractivity contribution is 6.15. The smallest absolute Gasteiger partial charge is 0.278 e. The minimum absolute atomic E-state index is 0.0434. The molecule has 1 fully saturated rings. The second-order valence-corrected chi connectivity index (χ2v) is 5.98. The van der Waals surface area contributed by atoms with E-state index in [1.165, 1.54) is 5.56 Å². The zero-order valence-electron chi connectivity index (χ0n) is 12.8. The van der Waals surface area contributed by atoms with Crippen LogP contribution in [0.1, 0.15) is 30.4 Å². The average Bonchev–Trinajstić information content (AvgIpc) is 3.21. The molecule has 1 N–H and O–H groups in total. The number of alkyl halides is 2. The van der Waals surface area contributed by atoms with Gasteiger partial charge >= 0.3 is 0 Å². The first-order valence-electron chi connectivity index (χ1n) is 7.74. The number of nitrogens with one attached hydrogen (secondary N) is 1. The van der Waals surface area contributed by atoms with Gasteiger partial charge in [0.2, 0.25) is 5.95 Å². The van der Waals surface area contributed by atoms with Crippen molar-refractivity contribution in [3.63, 3.8) is 0 Å². The Morgan fingerprint density at radius 3 is 2.29 bits per heavy atom. The van der Waals surface area contributed by atoms with Crippen molar-refractivity contribution in [2.24, 2.45) is 10.2 Å². The molecular weight excluding hydrogens is 312 g/mol. The molecule has 2 aromatic rings. The number of anilines is 1. The molecule has 24 heavy (non-hydrogen) atoms. The third kappa shape index (κ3) is 2.77. The topological polar surface area (TPSA) is 62.5 Å². The first-order chi connectivity index (χ1) is 11.7. The molecule has 1 saturated carbocycles. The Bertz CT molecular complexity index is 795. The van der Waals surface area contributed by atoms with Gasteiger partial charge in [0.05, 0.1) is 11.3 Å². The van der Waals surface area contributed by atoms with E-state index < -0.39 is 6.43 Å². The van der Waals surface area contributed by atoms with E-state index >= 15 is 0 Å². The molecule has 0 bridgehead atoms. The largest absolute Gasteiger partial charge is 0.345 e. The third-order valence-corrected chi connectivity index (χ3v) is 4.31. The zero-order valence-corrected chi connectivity index (χ0v) is 12.8. The Kier molecular flexibility index (Phi) is 3.55. The number of aromatic nitrogens is 2. The van der Waals surface area contributed by atoms with Gasteiger partial charge in [0, 0.05) is 24.4 Å². The van der Waals surface area contributed by atoms with Crippen LogP contribution < -0.4 is 5.32 Å². The molecule has 0 unspecified atom stereocenters. The van der Waals surface area contributed by atoms with E-state index in [0.717, 1.165) is 12.8 Å². The normalized spacial score (nSPS) is 18.3. The van der Waals surface area contributed by atoms with Gasteiger partial charge in [-0.25, -0.2) is 18.7 Å². The van der Waals surface area contributed by atoms with Gasteiger partial charge in [-0.15, -0.1) is 0 Å². The van der Waals surface area contributed by atoms with E-state index in [1.54, 1.807) is 12.4 Å². The van der Waals surface area contributed by atoms with Crippen LogP contribution in [0.5, 0.6) is 0 Å². The summed E-state index contributed by atoms with van der Waals surface area (Å²) in [5.41, 5.74) is 1.99. The fourth-order valence-electron chi connectivity index (χ4n) is 2.77. The van der Waals surface area contributed by atoms with Crippen molar-refractivity contribution in [3.05, 3.63) is 53.9 Å². The van der Waals surface area contributed by atoms with Gasteiger partial charge in [0.15, 0.2) is 0 Å². The van der Waals surface area contributed by atoms with Crippen LogP contribution >= 0.6 is 0 Å². The summed E-state index contributed by atoms with van der Waals surface area (Å²) in [6.07, 6.45) is 2.72. The minimum Gasteiger partial charge on any atom is -0.345 e. The van der Waals surface area contributed by atoms with Crippen molar-refractivity contribution in [3.8, 4) is 0 Å². The van der Waals surface area contributed by atoms with Crippen LogP contribution in [-0.2, 0) is 5.54 Å². The summed E-state index contributed by atoms with van der Waals surface area (Å²) in [6.45, 7) is 0. The summed E-state index contributed by atoms with van der Waals surface area (Å²) in [5, 5.41) is 10.7. The van der Waals surface area contributed by atoms with Gasteiger partial charge < -0.3 is 5.32 Å². The third-order valence-electron chi connectivity index (χ3n) is 4.31. The van der Waals surface area contributed by atoms with Gasteiger partial charge in [0.25, 0.3) is 6.43 Å². The molecule has 1 aliphatic carbocycles. The quantitative estimate of drug-likeness (QED) is 0.915. The SMILES string of the molecule is FC(F)C1=NN=C(c2cnc(NC3(c4ccccc4)CC3)nc2)C1. The highest BCUT2D eigenvalue weighted by Gasteiger charge is 2.44. The van der Waals surface area contributed by atoms with Gasteiger partial charge in [-0.3, -0.25) is 0 Å². The molecular formula is C17H15F2N5. The van der Waals surface area contributed by atoms with Crippen molar-refractivity contribution >= 4 is 17.4 Å². The van der Waals surface area contributed by atoms with Crippen molar-refractivity contribution in [2.75, 3.05) is 5.32 Å². The predicted octanol–water partition coefficient (Wildman–Crippen LogP) is 3.39. The van der Waals surface area contributed by atoms with Gasteiger partial charge in [-0.1, -0.05) is 30.3 Å². The highest BCUT2D eigenvalue weighted by atomic mass is 19.3. The predicted molar refractivity (Wildman–Crippen MR) is 87.6 cm³/mol. The van der Waals surface area contributed by atoms with Crippen LogP contribution in [0, 0.1) is 0 Å². The Labute approximate surface area is 137 Å². The lowest BCUT2D eigenvalue weighted by atomic mass is 10.1. The van der Waals surface area contributed by atoms with Gasteiger partial charge in [0.1, 0.15) is 5.71 Å². The van der Waals surface area contributed by atoms with Gasteiger partial charge in [-0.2, -0.15) is 10.2 Å². The number of hydrogen-bond acceptors (Lipinski definition) is 5. The van der Waals surface area contributed by atoms with Crippen LogP contribution in [0.2, 0.25) is 0 Å². The molecule has 2 heterocycles. The molecule has 7 heteroatoms. The second kappa shape index (κ2) is 5.74. The molecule has 0 radical (unpaired) electrons. The van der Waals surface area contributed by atoms with Crippen LogP contribution in [0.3, 0.4) is 0 Å². The number of benzene rings is 1. The van der Waals surface area contributed by atoms with E-state index in [9.17, 15) is 8.78 Å².